The normalized spacial score (nSPS) is 11.1. The summed E-state index contributed by atoms with van der Waals surface area (Å²) in [5.74, 6) is 1.93. The monoisotopic (exact) mass is 382 g/mol. The van der Waals surface area contributed by atoms with E-state index in [4.69, 9.17) is 26.8 Å². The zero-order valence-corrected chi connectivity index (χ0v) is 15.5. The van der Waals surface area contributed by atoms with Crippen LogP contribution in [0.25, 0.3) is 0 Å². The molecule has 1 heterocycles. The molecule has 0 bridgehead atoms. The fraction of sp³-hybridized carbons (Fsp3) is 0.100. The Morgan fingerprint density at radius 1 is 1.11 bits per heavy atom. The fourth-order valence-corrected chi connectivity index (χ4v) is 2.41. The number of hydrogen-bond donors (Lipinski definition) is 2. The van der Waals surface area contributed by atoms with Crippen LogP contribution in [0.3, 0.4) is 0 Å². The van der Waals surface area contributed by atoms with Gasteiger partial charge in [-0.3, -0.25) is 0 Å². The maximum atomic E-state index is 5.98. The van der Waals surface area contributed by atoms with Crippen molar-refractivity contribution in [3.63, 3.8) is 0 Å². The lowest BCUT2D eigenvalue weighted by Gasteiger charge is -2.10. The predicted molar refractivity (Wildman–Crippen MR) is 108 cm³/mol. The molecule has 2 aromatic carbocycles. The van der Waals surface area contributed by atoms with Gasteiger partial charge in [-0.05, 0) is 54.1 Å². The molecule has 3 aromatic rings. The summed E-state index contributed by atoms with van der Waals surface area (Å²) in [6, 6.07) is 18.4. The van der Waals surface area contributed by atoms with E-state index in [0.29, 0.717) is 23.2 Å². The number of nitrogens with zero attached hydrogens (tertiary/aromatic N) is 2. The first-order valence-corrected chi connectivity index (χ1v) is 8.59. The first-order chi connectivity index (χ1) is 13.1. The van der Waals surface area contributed by atoms with Gasteiger partial charge in [0.2, 0.25) is 0 Å². The summed E-state index contributed by atoms with van der Waals surface area (Å²) in [7, 11) is 1.63. The Kier molecular flexibility index (Phi) is 6.12. The number of ether oxygens (including phenoxy) is 2. The summed E-state index contributed by atoms with van der Waals surface area (Å²) in [6.07, 6.45) is 1.63. The van der Waals surface area contributed by atoms with E-state index in [9.17, 15) is 0 Å². The molecule has 0 aliphatic carbocycles. The van der Waals surface area contributed by atoms with Gasteiger partial charge in [-0.25, -0.2) is 4.98 Å². The number of guanidine groups is 1. The third kappa shape index (κ3) is 5.36. The number of aromatic nitrogens is 1. The van der Waals surface area contributed by atoms with E-state index in [2.05, 4.69) is 15.3 Å². The molecule has 27 heavy (non-hydrogen) atoms. The third-order valence-electron chi connectivity index (χ3n) is 3.65. The Hall–Kier alpha value is -3.25. The van der Waals surface area contributed by atoms with Crippen molar-refractivity contribution in [3.8, 4) is 11.5 Å². The second-order valence-corrected chi connectivity index (χ2v) is 6.03. The molecule has 6 nitrogen and oxygen atoms in total. The molecule has 0 aliphatic rings. The standard InChI is InChI=1S/C20H19ClN4O2/c1-26-17-10-4-14(5-11-17)13-27-18-3-2-12-23-19(18)25-20(22)24-16-8-6-15(21)7-9-16/h2-12H,13H2,1H3,(H3,22,23,24,25). The second kappa shape index (κ2) is 8.91. The zero-order chi connectivity index (χ0) is 19.1. The smallest absolute Gasteiger partial charge is 0.200 e. The molecule has 0 unspecified atom stereocenters. The Morgan fingerprint density at radius 2 is 1.85 bits per heavy atom. The number of anilines is 1. The van der Waals surface area contributed by atoms with Crippen LogP contribution in [0.1, 0.15) is 5.56 Å². The Bertz CT molecular complexity index is 912. The highest BCUT2D eigenvalue weighted by Gasteiger charge is 2.06. The molecule has 0 saturated carbocycles. The largest absolute Gasteiger partial charge is 0.497 e. The van der Waals surface area contributed by atoms with Crippen molar-refractivity contribution in [2.75, 3.05) is 12.4 Å². The van der Waals surface area contributed by atoms with Crippen molar-refractivity contribution >= 4 is 29.1 Å². The quantitative estimate of drug-likeness (QED) is 0.488. The van der Waals surface area contributed by atoms with Crippen LogP contribution in [0.4, 0.5) is 11.5 Å². The number of methoxy groups -OCH3 is 1. The van der Waals surface area contributed by atoms with Crippen LogP contribution in [-0.4, -0.2) is 18.1 Å². The van der Waals surface area contributed by atoms with Crippen LogP contribution in [0.15, 0.2) is 71.9 Å². The first kappa shape index (κ1) is 18.5. The zero-order valence-electron chi connectivity index (χ0n) is 14.7. The van der Waals surface area contributed by atoms with Gasteiger partial charge in [-0.2, -0.15) is 4.99 Å². The molecule has 0 saturated heterocycles. The molecule has 1 aromatic heterocycles. The van der Waals surface area contributed by atoms with Crippen LogP contribution in [0, 0.1) is 0 Å². The molecule has 3 N–H and O–H groups in total. The molecule has 0 amide bonds. The van der Waals surface area contributed by atoms with Crippen LogP contribution in [-0.2, 0) is 6.61 Å². The average molecular weight is 383 g/mol. The topological polar surface area (TPSA) is 81.8 Å². The SMILES string of the molecule is COc1ccc(COc2cccnc2N=C(N)Nc2ccc(Cl)cc2)cc1. The minimum atomic E-state index is 0.199. The summed E-state index contributed by atoms with van der Waals surface area (Å²) in [5, 5.41) is 3.64. The number of rotatable bonds is 6. The van der Waals surface area contributed by atoms with Crippen molar-refractivity contribution in [3.05, 3.63) is 77.4 Å². The van der Waals surface area contributed by atoms with Crippen molar-refractivity contribution in [1.29, 1.82) is 0 Å². The van der Waals surface area contributed by atoms with E-state index in [-0.39, 0.29) is 5.96 Å². The maximum absolute atomic E-state index is 5.98. The van der Waals surface area contributed by atoms with Crippen LogP contribution >= 0.6 is 11.6 Å². The number of benzene rings is 2. The molecule has 0 radical (unpaired) electrons. The first-order valence-electron chi connectivity index (χ1n) is 8.21. The van der Waals surface area contributed by atoms with Gasteiger partial charge in [0.25, 0.3) is 0 Å². The van der Waals surface area contributed by atoms with Gasteiger partial charge in [0.1, 0.15) is 12.4 Å². The highest BCUT2D eigenvalue weighted by molar-refractivity contribution is 6.30. The molecular weight excluding hydrogens is 364 g/mol. The van der Waals surface area contributed by atoms with Crippen molar-refractivity contribution in [1.82, 2.24) is 4.98 Å². The van der Waals surface area contributed by atoms with Gasteiger partial charge in [0, 0.05) is 16.9 Å². The van der Waals surface area contributed by atoms with Crippen molar-refractivity contribution in [2.24, 2.45) is 10.7 Å². The molecule has 3 rings (SSSR count). The minimum absolute atomic E-state index is 0.199. The van der Waals surface area contributed by atoms with E-state index >= 15 is 0 Å². The number of nitrogens with two attached hydrogens (primary N) is 1. The second-order valence-electron chi connectivity index (χ2n) is 5.59. The van der Waals surface area contributed by atoms with Crippen LogP contribution in [0.5, 0.6) is 11.5 Å². The van der Waals surface area contributed by atoms with Crippen LogP contribution < -0.4 is 20.5 Å². The maximum Gasteiger partial charge on any atom is 0.200 e. The van der Waals surface area contributed by atoms with E-state index in [1.165, 1.54) is 0 Å². The fourth-order valence-electron chi connectivity index (χ4n) is 2.28. The number of hydrogen-bond acceptors (Lipinski definition) is 4. The minimum Gasteiger partial charge on any atom is -0.497 e. The van der Waals surface area contributed by atoms with Gasteiger partial charge in [-0.1, -0.05) is 23.7 Å². The molecule has 0 aliphatic heterocycles. The lowest BCUT2D eigenvalue weighted by molar-refractivity contribution is 0.306. The Balaban J connectivity index is 1.69. The molecule has 7 heteroatoms. The lowest BCUT2D eigenvalue weighted by Crippen LogP contribution is -2.22. The van der Waals surface area contributed by atoms with Gasteiger partial charge in [-0.15, -0.1) is 0 Å². The van der Waals surface area contributed by atoms with Crippen LogP contribution in [0.2, 0.25) is 5.02 Å². The van der Waals surface area contributed by atoms with Gasteiger partial charge in [0.05, 0.1) is 7.11 Å². The summed E-state index contributed by atoms with van der Waals surface area (Å²) >= 11 is 5.88. The Morgan fingerprint density at radius 3 is 2.56 bits per heavy atom. The Labute approximate surface area is 162 Å². The summed E-state index contributed by atoms with van der Waals surface area (Å²) in [4.78, 5) is 8.55. The molecule has 0 atom stereocenters. The number of halogens is 1. The average Bonchev–Trinajstić information content (AvgIpc) is 2.69. The van der Waals surface area contributed by atoms with Crippen molar-refractivity contribution < 1.29 is 9.47 Å². The number of aliphatic imine (C=N–C) groups is 1. The summed E-state index contributed by atoms with van der Waals surface area (Å²) in [5.41, 5.74) is 7.76. The van der Waals surface area contributed by atoms with Gasteiger partial charge >= 0.3 is 0 Å². The molecule has 0 fully saturated rings. The molecule has 138 valence electrons. The highest BCUT2D eigenvalue weighted by atomic mass is 35.5. The summed E-state index contributed by atoms with van der Waals surface area (Å²) in [6.45, 7) is 0.378. The van der Waals surface area contributed by atoms with E-state index in [0.717, 1.165) is 17.0 Å². The van der Waals surface area contributed by atoms with Crippen molar-refractivity contribution in [2.45, 2.75) is 6.61 Å². The third-order valence-corrected chi connectivity index (χ3v) is 3.90. The number of nitrogens with one attached hydrogen (secondary N) is 1. The van der Waals surface area contributed by atoms with E-state index in [1.807, 2.05) is 36.4 Å². The van der Waals surface area contributed by atoms with E-state index < -0.39 is 0 Å². The highest BCUT2D eigenvalue weighted by Crippen LogP contribution is 2.25. The molecular formula is C20H19ClN4O2. The van der Waals surface area contributed by atoms with Gasteiger partial charge < -0.3 is 20.5 Å². The summed E-state index contributed by atoms with van der Waals surface area (Å²) < 4.78 is 11.0. The lowest BCUT2D eigenvalue weighted by atomic mass is 10.2. The predicted octanol–water partition coefficient (Wildman–Crippen LogP) is 4.38. The molecule has 0 spiro atoms. The number of pyridine rings is 1. The van der Waals surface area contributed by atoms with Gasteiger partial charge in [0.15, 0.2) is 17.5 Å². The van der Waals surface area contributed by atoms with E-state index in [1.54, 1.807) is 37.6 Å².